The van der Waals surface area contributed by atoms with Crippen LogP contribution in [0.4, 0.5) is 4.39 Å². The molecular weight excluding hydrogens is 373 g/mol. The van der Waals surface area contributed by atoms with Crippen LogP contribution in [-0.4, -0.2) is 61.7 Å². The highest BCUT2D eigenvalue weighted by molar-refractivity contribution is 5.68. The third-order valence-electron chi connectivity index (χ3n) is 6.02. The first kappa shape index (κ1) is 18.1. The van der Waals surface area contributed by atoms with Crippen LogP contribution in [0.15, 0.2) is 49.1 Å². The van der Waals surface area contributed by atoms with Crippen LogP contribution in [0, 0.1) is 5.92 Å². The van der Waals surface area contributed by atoms with Gasteiger partial charge in [0.05, 0.1) is 17.7 Å². The van der Waals surface area contributed by atoms with Crippen molar-refractivity contribution in [2.45, 2.75) is 31.2 Å². The molecule has 2 aromatic heterocycles. The van der Waals surface area contributed by atoms with Crippen molar-refractivity contribution in [1.82, 2.24) is 24.6 Å². The topological polar surface area (TPSA) is 76.3 Å². The first-order valence-corrected chi connectivity index (χ1v) is 9.76. The number of fused-ring (bicyclic) bond motifs is 3. The van der Waals surface area contributed by atoms with Gasteiger partial charge < -0.3 is 14.4 Å². The van der Waals surface area contributed by atoms with Crippen molar-refractivity contribution < 1.29 is 14.2 Å². The van der Waals surface area contributed by atoms with Gasteiger partial charge in [0.25, 0.3) is 0 Å². The molecular formula is C21H22FN5O2. The number of benzene rings is 1. The Bertz CT molecular complexity index is 993. The molecule has 1 aromatic carbocycles. The molecule has 4 atom stereocenters. The minimum atomic E-state index is -1.02. The molecule has 1 aliphatic carbocycles. The molecule has 0 amide bonds. The maximum atomic E-state index is 14.8. The van der Waals surface area contributed by atoms with Crippen molar-refractivity contribution in [2.24, 2.45) is 5.92 Å². The number of piperidine rings is 2. The standard InChI is InChI=1S/C21H22FN5O2/c1-26-11-13-2-6-17(26)20(22)21(13)29-19-7-5-16(24-25-19)15-4-3-14(10-18(15)28)27-9-8-23-12-27/h3-5,7-10,12-13,17,20-21,28H,2,6,11H2,1H3/t13-,17+,20-,21+/m1/s1. The van der Waals surface area contributed by atoms with E-state index in [-0.39, 0.29) is 17.7 Å². The highest BCUT2D eigenvalue weighted by atomic mass is 19.1. The second-order valence-corrected chi connectivity index (χ2v) is 7.80. The Morgan fingerprint density at radius 2 is 2.07 bits per heavy atom. The van der Waals surface area contributed by atoms with Crippen LogP contribution in [0.5, 0.6) is 11.6 Å². The van der Waals surface area contributed by atoms with Gasteiger partial charge in [-0.3, -0.25) is 4.90 Å². The van der Waals surface area contributed by atoms with E-state index in [0.29, 0.717) is 17.1 Å². The van der Waals surface area contributed by atoms with Gasteiger partial charge in [0.1, 0.15) is 11.9 Å². The number of aromatic nitrogens is 4. The van der Waals surface area contributed by atoms with Crippen molar-refractivity contribution in [2.75, 3.05) is 13.6 Å². The SMILES string of the molecule is CN1C[C@H]2CC[C@H]1[C@@H](F)[C@H]2Oc1ccc(-c2ccc(-n3ccnc3)cc2O)nn1. The quantitative estimate of drug-likeness (QED) is 0.732. The third kappa shape index (κ3) is 3.23. The van der Waals surface area contributed by atoms with E-state index in [4.69, 9.17) is 4.74 Å². The first-order valence-electron chi connectivity index (χ1n) is 9.76. The minimum Gasteiger partial charge on any atom is -0.507 e. The van der Waals surface area contributed by atoms with Gasteiger partial charge in [-0.05, 0) is 38.1 Å². The molecule has 6 rings (SSSR count). The van der Waals surface area contributed by atoms with E-state index >= 15 is 0 Å². The number of alkyl halides is 1. The smallest absolute Gasteiger partial charge is 0.233 e. The van der Waals surface area contributed by atoms with Gasteiger partial charge in [-0.25, -0.2) is 9.37 Å². The predicted octanol–water partition coefficient (Wildman–Crippen LogP) is 2.84. The maximum absolute atomic E-state index is 14.8. The fourth-order valence-corrected chi connectivity index (χ4v) is 4.49. The van der Waals surface area contributed by atoms with E-state index in [9.17, 15) is 9.50 Å². The fraction of sp³-hybridized carbons (Fsp3) is 0.381. The van der Waals surface area contributed by atoms with Crippen molar-refractivity contribution in [1.29, 1.82) is 0 Å². The van der Waals surface area contributed by atoms with Gasteiger partial charge in [-0.15, -0.1) is 10.2 Å². The summed E-state index contributed by atoms with van der Waals surface area (Å²) in [5, 5.41) is 18.7. The molecule has 2 aliphatic heterocycles. The lowest BCUT2D eigenvalue weighted by Gasteiger charge is -2.49. The van der Waals surface area contributed by atoms with Gasteiger partial charge in [-0.2, -0.15) is 0 Å². The number of imidazole rings is 1. The molecule has 3 aliphatic rings. The molecule has 3 fully saturated rings. The summed E-state index contributed by atoms with van der Waals surface area (Å²) in [7, 11) is 1.97. The van der Waals surface area contributed by atoms with Gasteiger partial charge >= 0.3 is 0 Å². The number of phenolic OH excluding ortho intramolecular Hbond substituents is 1. The zero-order chi connectivity index (χ0) is 20.0. The third-order valence-corrected chi connectivity index (χ3v) is 6.02. The van der Waals surface area contributed by atoms with Crippen LogP contribution in [0.1, 0.15) is 12.8 Å². The van der Waals surface area contributed by atoms with Gasteiger partial charge in [0.15, 0.2) is 6.17 Å². The summed E-state index contributed by atoms with van der Waals surface area (Å²) < 4.78 is 22.5. The van der Waals surface area contributed by atoms with E-state index < -0.39 is 12.3 Å². The predicted molar refractivity (Wildman–Crippen MR) is 105 cm³/mol. The summed E-state index contributed by atoms with van der Waals surface area (Å²) in [5.74, 6) is 0.572. The maximum Gasteiger partial charge on any atom is 0.233 e. The number of aromatic hydroxyl groups is 1. The molecule has 3 aromatic rings. The van der Waals surface area contributed by atoms with Crippen LogP contribution in [-0.2, 0) is 0 Å². The zero-order valence-corrected chi connectivity index (χ0v) is 16.0. The summed E-state index contributed by atoms with van der Waals surface area (Å²) in [6.07, 6.45) is 5.49. The molecule has 1 N–H and O–H groups in total. The molecule has 2 saturated heterocycles. The molecule has 8 heteroatoms. The molecule has 7 nitrogen and oxygen atoms in total. The van der Waals surface area contributed by atoms with Gasteiger partial charge in [0, 0.05) is 48.6 Å². The summed E-state index contributed by atoms with van der Waals surface area (Å²) in [6.45, 7) is 0.846. The summed E-state index contributed by atoms with van der Waals surface area (Å²) in [6, 6.07) is 8.63. The molecule has 29 heavy (non-hydrogen) atoms. The summed E-state index contributed by atoms with van der Waals surface area (Å²) >= 11 is 0. The van der Waals surface area contributed by atoms with Crippen LogP contribution < -0.4 is 4.74 Å². The summed E-state index contributed by atoms with van der Waals surface area (Å²) in [5.41, 5.74) is 1.88. The Hall–Kier alpha value is -3.00. The van der Waals surface area contributed by atoms with E-state index in [1.807, 2.05) is 13.1 Å². The van der Waals surface area contributed by atoms with Crippen molar-refractivity contribution in [3.63, 3.8) is 0 Å². The molecule has 0 unspecified atom stereocenters. The van der Waals surface area contributed by atoms with Crippen LogP contribution >= 0.6 is 0 Å². The Labute approximate surface area is 167 Å². The number of rotatable bonds is 4. The van der Waals surface area contributed by atoms with Crippen molar-refractivity contribution in [3.8, 4) is 28.6 Å². The molecule has 150 valence electrons. The number of nitrogens with zero attached hydrogens (tertiary/aromatic N) is 5. The molecule has 2 bridgehead atoms. The van der Waals surface area contributed by atoms with E-state index in [2.05, 4.69) is 20.1 Å². The van der Waals surface area contributed by atoms with E-state index in [1.165, 1.54) is 0 Å². The lowest BCUT2D eigenvalue weighted by molar-refractivity contribution is -0.0891. The van der Waals surface area contributed by atoms with Gasteiger partial charge in [0.2, 0.25) is 5.88 Å². The highest BCUT2D eigenvalue weighted by Crippen LogP contribution is 2.38. The lowest BCUT2D eigenvalue weighted by Crippen LogP contribution is -2.61. The monoisotopic (exact) mass is 395 g/mol. The van der Waals surface area contributed by atoms with Crippen LogP contribution in [0.2, 0.25) is 0 Å². The van der Waals surface area contributed by atoms with Gasteiger partial charge in [-0.1, -0.05) is 0 Å². The Morgan fingerprint density at radius 3 is 2.72 bits per heavy atom. The first-order chi connectivity index (χ1) is 14.1. The Balaban J connectivity index is 1.33. The van der Waals surface area contributed by atoms with Crippen molar-refractivity contribution in [3.05, 3.63) is 49.1 Å². The number of halogens is 1. The normalized spacial score (nSPS) is 26.6. The lowest BCUT2D eigenvalue weighted by atomic mass is 9.76. The van der Waals surface area contributed by atoms with Crippen LogP contribution in [0.3, 0.4) is 0 Å². The Morgan fingerprint density at radius 1 is 1.17 bits per heavy atom. The minimum absolute atomic E-state index is 0.0804. The number of hydrogen-bond donors (Lipinski definition) is 1. The molecule has 0 spiro atoms. The number of hydrogen-bond acceptors (Lipinski definition) is 6. The number of ether oxygens (including phenoxy) is 1. The largest absolute Gasteiger partial charge is 0.507 e. The average molecular weight is 395 g/mol. The molecule has 4 heterocycles. The highest BCUT2D eigenvalue weighted by Gasteiger charge is 2.48. The summed E-state index contributed by atoms with van der Waals surface area (Å²) in [4.78, 5) is 6.09. The second-order valence-electron chi connectivity index (χ2n) is 7.80. The molecule has 0 radical (unpaired) electrons. The Kier molecular flexibility index (Phi) is 4.43. The van der Waals surface area contributed by atoms with E-state index in [0.717, 1.165) is 25.1 Å². The van der Waals surface area contributed by atoms with Crippen molar-refractivity contribution >= 4 is 0 Å². The molecule has 1 saturated carbocycles. The second kappa shape index (κ2) is 7.11. The zero-order valence-electron chi connectivity index (χ0n) is 16.0. The fourth-order valence-electron chi connectivity index (χ4n) is 4.49. The average Bonchev–Trinajstić information content (AvgIpc) is 3.26. The van der Waals surface area contributed by atoms with Crippen LogP contribution in [0.25, 0.3) is 16.9 Å². The van der Waals surface area contributed by atoms with E-state index in [1.54, 1.807) is 47.6 Å². The number of phenols is 1.